The van der Waals surface area contributed by atoms with Crippen LogP contribution >= 0.6 is 0 Å². The molecule has 0 aliphatic heterocycles. The maximum atomic E-state index is 3.50. The van der Waals surface area contributed by atoms with E-state index >= 15 is 0 Å². The normalized spacial score (nSPS) is 23.4. The summed E-state index contributed by atoms with van der Waals surface area (Å²) >= 11 is 0. The number of hydrogen-bond acceptors (Lipinski definition) is 1. The van der Waals surface area contributed by atoms with Crippen LogP contribution in [0.25, 0.3) is 0 Å². The van der Waals surface area contributed by atoms with Gasteiger partial charge in [-0.25, -0.2) is 0 Å². The number of nitrogens with one attached hydrogen (secondary N) is 1. The van der Waals surface area contributed by atoms with E-state index in [9.17, 15) is 0 Å². The van der Waals surface area contributed by atoms with Gasteiger partial charge in [-0.3, -0.25) is 0 Å². The van der Waals surface area contributed by atoms with Crippen molar-refractivity contribution in [1.29, 1.82) is 0 Å². The SMILES string of the molecule is CC(C)CNCC1C=CCCC1. The van der Waals surface area contributed by atoms with E-state index in [1.165, 1.54) is 25.8 Å². The topological polar surface area (TPSA) is 12.0 Å². The van der Waals surface area contributed by atoms with E-state index in [4.69, 9.17) is 0 Å². The molecule has 1 heteroatoms. The van der Waals surface area contributed by atoms with E-state index in [1.807, 2.05) is 0 Å². The minimum atomic E-state index is 0.776. The molecule has 12 heavy (non-hydrogen) atoms. The third-order valence-electron chi connectivity index (χ3n) is 2.31. The number of hydrogen-bond donors (Lipinski definition) is 1. The molecule has 1 nitrogen and oxygen atoms in total. The summed E-state index contributed by atoms with van der Waals surface area (Å²) in [7, 11) is 0. The molecule has 0 bridgehead atoms. The van der Waals surface area contributed by atoms with Crippen molar-refractivity contribution in [3.8, 4) is 0 Å². The van der Waals surface area contributed by atoms with Crippen molar-refractivity contribution in [3.05, 3.63) is 12.2 Å². The minimum Gasteiger partial charge on any atom is -0.316 e. The van der Waals surface area contributed by atoms with Gasteiger partial charge in [0.25, 0.3) is 0 Å². The fourth-order valence-corrected chi connectivity index (χ4v) is 1.61. The summed E-state index contributed by atoms with van der Waals surface area (Å²) in [6, 6.07) is 0. The van der Waals surface area contributed by atoms with Crippen LogP contribution in [0, 0.1) is 11.8 Å². The van der Waals surface area contributed by atoms with E-state index in [0.717, 1.165) is 18.4 Å². The number of allylic oxidation sites excluding steroid dienone is 1. The van der Waals surface area contributed by atoms with Crippen LogP contribution in [0.15, 0.2) is 12.2 Å². The van der Waals surface area contributed by atoms with Gasteiger partial charge >= 0.3 is 0 Å². The predicted molar refractivity (Wildman–Crippen MR) is 54.2 cm³/mol. The van der Waals surface area contributed by atoms with Crippen LogP contribution in [0.5, 0.6) is 0 Å². The first-order chi connectivity index (χ1) is 5.79. The van der Waals surface area contributed by atoms with Gasteiger partial charge in [0.15, 0.2) is 0 Å². The molecule has 0 radical (unpaired) electrons. The van der Waals surface area contributed by atoms with Crippen LogP contribution in [-0.2, 0) is 0 Å². The van der Waals surface area contributed by atoms with Gasteiger partial charge < -0.3 is 5.32 Å². The zero-order valence-electron chi connectivity index (χ0n) is 8.34. The molecule has 1 rings (SSSR count). The van der Waals surface area contributed by atoms with Gasteiger partial charge in [0.05, 0.1) is 0 Å². The first-order valence-corrected chi connectivity index (χ1v) is 5.16. The Morgan fingerprint density at radius 2 is 2.33 bits per heavy atom. The lowest BCUT2D eigenvalue weighted by Gasteiger charge is -2.17. The molecule has 1 aliphatic rings. The Bertz CT molecular complexity index is 138. The van der Waals surface area contributed by atoms with Crippen molar-refractivity contribution in [3.63, 3.8) is 0 Å². The summed E-state index contributed by atoms with van der Waals surface area (Å²) in [5.41, 5.74) is 0. The second-order valence-corrected chi connectivity index (χ2v) is 4.17. The summed E-state index contributed by atoms with van der Waals surface area (Å²) in [6.45, 7) is 6.84. The van der Waals surface area contributed by atoms with Gasteiger partial charge in [-0.15, -0.1) is 0 Å². The lowest BCUT2D eigenvalue weighted by Crippen LogP contribution is -2.26. The predicted octanol–water partition coefficient (Wildman–Crippen LogP) is 2.59. The molecule has 0 spiro atoms. The molecule has 70 valence electrons. The van der Waals surface area contributed by atoms with Crippen molar-refractivity contribution < 1.29 is 0 Å². The third kappa shape index (κ3) is 3.91. The van der Waals surface area contributed by atoms with Crippen LogP contribution in [0.4, 0.5) is 0 Å². The molecule has 1 unspecified atom stereocenters. The Morgan fingerprint density at radius 1 is 1.50 bits per heavy atom. The lowest BCUT2D eigenvalue weighted by molar-refractivity contribution is 0.465. The maximum Gasteiger partial charge on any atom is 0.00143 e. The summed E-state index contributed by atoms with van der Waals surface area (Å²) < 4.78 is 0. The van der Waals surface area contributed by atoms with Gasteiger partial charge in [0, 0.05) is 6.54 Å². The molecular weight excluding hydrogens is 146 g/mol. The van der Waals surface area contributed by atoms with Crippen molar-refractivity contribution in [2.24, 2.45) is 11.8 Å². The maximum absolute atomic E-state index is 3.50. The average molecular weight is 167 g/mol. The van der Waals surface area contributed by atoms with Crippen molar-refractivity contribution >= 4 is 0 Å². The highest BCUT2D eigenvalue weighted by atomic mass is 14.9. The van der Waals surface area contributed by atoms with Gasteiger partial charge in [0.2, 0.25) is 0 Å². The Morgan fingerprint density at radius 3 is 2.92 bits per heavy atom. The Kier molecular flexibility index (Phi) is 4.37. The highest BCUT2D eigenvalue weighted by Crippen LogP contribution is 2.15. The van der Waals surface area contributed by atoms with Crippen molar-refractivity contribution in [1.82, 2.24) is 5.32 Å². The van der Waals surface area contributed by atoms with E-state index in [1.54, 1.807) is 0 Å². The molecular formula is C11H21N. The fraction of sp³-hybridized carbons (Fsp3) is 0.818. The molecule has 0 aromatic rings. The zero-order valence-corrected chi connectivity index (χ0v) is 8.34. The molecule has 0 aromatic heterocycles. The highest BCUT2D eigenvalue weighted by Gasteiger charge is 2.07. The first kappa shape index (κ1) is 9.79. The molecule has 0 fully saturated rings. The van der Waals surface area contributed by atoms with Crippen molar-refractivity contribution in [2.45, 2.75) is 33.1 Å². The van der Waals surface area contributed by atoms with Crippen LogP contribution in [0.2, 0.25) is 0 Å². The van der Waals surface area contributed by atoms with Crippen LogP contribution in [0.3, 0.4) is 0 Å². The first-order valence-electron chi connectivity index (χ1n) is 5.16. The van der Waals surface area contributed by atoms with Gasteiger partial charge in [-0.05, 0) is 37.6 Å². The van der Waals surface area contributed by atoms with Crippen molar-refractivity contribution in [2.75, 3.05) is 13.1 Å². The quantitative estimate of drug-likeness (QED) is 0.635. The molecule has 0 saturated heterocycles. The molecule has 1 N–H and O–H groups in total. The number of rotatable bonds is 4. The van der Waals surface area contributed by atoms with Crippen LogP contribution in [0.1, 0.15) is 33.1 Å². The Balaban J connectivity index is 2.06. The molecule has 1 atom stereocenters. The second-order valence-electron chi connectivity index (χ2n) is 4.17. The van der Waals surface area contributed by atoms with E-state index in [-0.39, 0.29) is 0 Å². The monoisotopic (exact) mass is 167 g/mol. The van der Waals surface area contributed by atoms with Crippen LogP contribution in [-0.4, -0.2) is 13.1 Å². The van der Waals surface area contributed by atoms with Gasteiger partial charge in [0.1, 0.15) is 0 Å². The lowest BCUT2D eigenvalue weighted by atomic mass is 9.96. The Labute approximate surface area is 76.2 Å². The summed E-state index contributed by atoms with van der Waals surface area (Å²) in [6.07, 6.45) is 8.74. The average Bonchev–Trinajstić information content (AvgIpc) is 2.05. The van der Waals surface area contributed by atoms with E-state index in [2.05, 4.69) is 31.3 Å². The standard InChI is InChI=1S/C11H21N/c1-10(2)8-12-9-11-6-4-3-5-7-11/h4,6,10-12H,3,5,7-9H2,1-2H3. The second kappa shape index (κ2) is 5.36. The summed E-state index contributed by atoms with van der Waals surface area (Å²) in [4.78, 5) is 0. The zero-order chi connectivity index (χ0) is 8.81. The summed E-state index contributed by atoms with van der Waals surface area (Å²) in [5.74, 6) is 1.58. The minimum absolute atomic E-state index is 0.776. The molecule has 0 amide bonds. The van der Waals surface area contributed by atoms with Crippen LogP contribution < -0.4 is 5.32 Å². The van der Waals surface area contributed by atoms with E-state index < -0.39 is 0 Å². The Hall–Kier alpha value is -0.300. The summed E-state index contributed by atoms with van der Waals surface area (Å²) in [5, 5.41) is 3.50. The van der Waals surface area contributed by atoms with E-state index in [0.29, 0.717) is 0 Å². The fourth-order valence-electron chi connectivity index (χ4n) is 1.61. The third-order valence-corrected chi connectivity index (χ3v) is 2.31. The molecule has 0 heterocycles. The smallest absolute Gasteiger partial charge is 0.00143 e. The largest absolute Gasteiger partial charge is 0.316 e. The van der Waals surface area contributed by atoms with Gasteiger partial charge in [-0.2, -0.15) is 0 Å². The molecule has 0 saturated carbocycles. The molecule has 0 aromatic carbocycles. The highest BCUT2D eigenvalue weighted by molar-refractivity contribution is 4.93. The van der Waals surface area contributed by atoms with Gasteiger partial charge in [-0.1, -0.05) is 26.0 Å². The molecule has 1 aliphatic carbocycles.